The van der Waals surface area contributed by atoms with E-state index in [1.165, 1.54) is 217 Å². The van der Waals surface area contributed by atoms with Crippen LogP contribution >= 0.6 is 0 Å². The van der Waals surface area contributed by atoms with Crippen LogP contribution in [0, 0.1) is 13.8 Å². The molecule has 0 bridgehead atoms. The lowest BCUT2D eigenvalue weighted by molar-refractivity contribution is 0.398. The first-order valence-electron chi connectivity index (χ1n) is 49.9. The van der Waals surface area contributed by atoms with E-state index >= 15 is 0 Å². The van der Waals surface area contributed by atoms with Gasteiger partial charge in [-0.3, -0.25) is 0 Å². The van der Waals surface area contributed by atoms with Crippen LogP contribution in [0.3, 0.4) is 0 Å². The molecule has 0 saturated heterocycles. The van der Waals surface area contributed by atoms with Gasteiger partial charge in [0.1, 0.15) is 0 Å². The summed E-state index contributed by atoms with van der Waals surface area (Å²) in [6.45, 7) is 22.8. The van der Waals surface area contributed by atoms with Crippen molar-refractivity contribution in [1.29, 1.82) is 0 Å². The van der Waals surface area contributed by atoms with E-state index in [1.807, 2.05) is 0 Å². The van der Waals surface area contributed by atoms with Crippen LogP contribution in [0.1, 0.15) is 223 Å². The number of aryl methyl sites for hydroxylation is 2. The first-order valence-corrected chi connectivity index (χ1v) is 49.9. The quantitative estimate of drug-likeness (QED) is 0.0434. The zero-order chi connectivity index (χ0) is 92.2. The Balaban J connectivity index is 0.727. The fraction of sp³-hybridized carbons (Fsp3) is 0.221. The molecule has 0 amide bonds. The van der Waals surface area contributed by atoms with Gasteiger partial charge in [-0.15, -0.1) is 0 Å². The standard InChI is InChI=1S/C131H124N4/c1-11-13-15-17-19-34-86-129(87-35-20-18-16-14-12-2)119-43-29-24-38-111(119)116-83-54-94(88-124(116)129)93-52-69-104(70-53-93)134(106-73-57-96(58-74-106)128(8,9)10)108-77-61-98(62-78-108)131(122-46-32-27-41-114(122)115-42-28-33-47-123(115)131)100-64-85-126-118(90-100)117-89-99(63-84-125(117)135(126)110-81-79-109(80-82-110)133(102-65-48-91(3)49-66-102)103-67-50-92(4)51-68-103)130(120-44-30-25-39-112(120)113-40-26-31-45-121(113)130)97-59-75-107(76-60-97)132(101-36-22-21-23-37-101)105-71-55-95(56-72-105)127(5,6)7/h21-33,36-85,88-90H,11-20,34-35,86-87H2,1-10H3. The van der Waals surface area contributed by atoms with Crippen molar-refractivity contribution in [1.82, 2.24) is 4.57 Å². The number of aromatic nitrogens is 1. The summed E-state index contributed by atoms with van der Waals surface area (Å²) in [5, 5.41) is 2.35. The zero-order valence-corrected chi connectivity index (χ0v) is 80.3. The minimum atomic E-state index is -0.767. The van der Waals surface area contributed by atoms with Crippen molar-refractivity contribution in [2.75, 3.05) is 14.7 Å². The third-order valence-corrected chi connectivity index (χ3v) is 30.2. The smallest absolute Gasteiger partial charge is 0.0713 e. The molecular formula is C131H124N4. The Hall–Kier alpha value is -14.1. The fourth-order valence-electron chi connectivity index (χ4n) is 23.3. The van der Waals surface area contributed by atoms with E-state index in [0.29, 0.717) is 0 Å². The Morgan fingerprint density at radius 1 is 0.237 bits per heavy atom. The molecule has 3 aliphatic rings. The average molecular weight is 1750 g/mol. The average Bonchev–Trinajstić information content (AvgIpc) is 1.56. The minimum Gasteiger partial charge on any atom is -0.311 e. The maximum Gasteiger partial charge on any atom is 0.0713 e. The summed E-state index contributed by atoms with van der Waals surface area (Å²) >= 11 is 0. The molecule has 0 N–H and O–H groups in total. The first-order chi connectivity index (χ1) is 65.9. The number of hydrogen-bond donors (Lipinski definition) is 0. The van der Waals surface area contributed by atoms with E-state index in [0.717, 1.165) is 67.9 Å². The summed E-state index contributed by atoms with van der Waals surface area (Å²) in [7, 11) is 0. The fourth-order valence-corrected chi connectivity index (χ4v) is 23.3. The van der Waals surface area contributed by atoms with Crippen LogP contribution < -0.4 is 14.7 Å². The third-order valence-electron chi connectivity index (χ3n) is 30.2. The molecule has 1 heterocycles. The van der Waals surface area contributed by atoms with E-state index in [1.54, 1.807) is 5.56 Å². The molecule has 0 spiro atoms. The Morgan fingerprint density at radius 3 is 0.904 bits per heavy atom. The molecule has 1 aromatic heterocycles. The molecule has 4 heteroatoms. The number of benzene rings is 17. The molecule has 3 aliphatic carbocycles. The van der Waals surface area contributed by atoms with Crippen LogP contribution in [0.15, 0.2) is 400 Å². The Kier molecular flexibility index (Phi) is 23.6. The summed E-state index contributed by atoms with van der Waals surface area (Å²) < 4.78 is 2.53. The molecule has 0 aliphatic heterocycles. The van der Waals surface area contributed by atoms with E-state index in [4.69, 9.17) is 0 Å². The zero-order valence-electron chi connectivity index (χ0n) is 80.3. The van der Waals surface area contributed by atoms with E-state index in [2.05, 4.69) is 489 Å². The molecule has 135 heavy (non-hydrogen) atoms. The number of para-hydroxylation sites is 1. The lowest BCUT2D eigenvalue weighted by atomic mass is 9.67. The Labute approximate surface area is 801 Å². The molecule has 18 aromatic rings. The van der Waals surface area contributed by atoms with Gasteiger partial charge in [0.25, 0.3) is 0 Å². The largest absolute Gasteiger partial charge is 0.311 e. The summed E-state index contributed by atoms with van der Waals surface area (Å²) in [6.07, 6.45) is 18.0. The van der Waals surface area contributed by atoms with Gasteiger partial charge in [-0.2, -0.15) is 0 Å². The maximum absolute atomic E-state index is 2.62. The Bertz CT molecular complexity index is 7150. The monoisotopic (exact) mass is 1750 g/mol. The van der Waals surface area contributed by atoms with Crippen LogP contribution in [0.5, 0.6) is 0 Å². The van der Waals surface area contributed by atoms with Crippen LogP contribution in [-0.2, 0) is 27.1 Å². The van der Waals surface area contributed by atoms with Crippen molar-refractivity contribution in [3.05, 3.63) is 478 Å². The van der Waals surface area contributed by atoms with Gasteiger partial charge in [-0.25, -0.2) is 0 Å². The number of anilines is 9. The lowest BCUT2D eigenvalue weighted by Crippen LogP contribution is -2.28. The maximum atomic E-state index is 2.62. The van der Waals surface area contributed by atoms with Crippen LogP contribution in [0.25, 0.3) is 72.0 Å². The minimum absolute atomic E-state index is 0.00838. The highest BCUT2D eigenvalue weighted by molar-refractivity contribution is 6.11. The van der Waals surface area contributed by atoms with E-state index in [-0.39, 0.29) is 16.2 Å². The van der Waals surface area contributed by atoms with Crippen molar-refractivity contribution >= 4 is 73.0 Å². The molecule has 17 aromatic carbocycles. The van der Waals surface area contributed by atoms with Gasteiger partial charge in [0.05, 0.1) is 21.9 Å². The molecule has 21 rings (SSSR count). The van der Waals surface area contributed by atoms with Crippen molar-refractivity contribution in [2.45, 2.75) is 186 Å². The first kappa shape index (κ1) is 87.6. The number of nitrogens with zero attached hydrogens (tertiary/aromatic N) is 4. The Morgan fingerprint density at radius 2 is 0.526 bits per heavy atom. The van der Waals surface area contributed by atoms with E-state index < -0.39 is 10.8 Å². The lowest BCUT2D eigenvalue weighted by Gasteiger charge is -2.35. The summed E-state index contributed by atoms with van der Waals surface area (Å²) in [5.74, 6) is 0. The molecular weight excluding hydrogens is 1630 g/mol. The molecule has 0 radical (unpaired) electrons. The van der Waals surface area contributed by atoms with Crippen LogP contribution in [0.4, 0.5) is 51.2 Å². The molecule has 0 atom stereocenters. The van der Waals surface area contributed by atoms with Gasteiger partial charge < -0.3 is 19.3 Å². The highest BCUT2D eigenvalue weighted by Crippen LogP contribution is 2.61. The van der Waals surface area contributed by atoms with Gasteiger partial charge in [-0.1, -0.05) is 392 Å². The number of fused-ring (bicyclic) bond motifs is 12. The normalized spacial score (nSPS) is 13.6. The molecule has 0 unspecified atom stereocenters. The SMILES string of the molecule is CCCCCCCCC1(CCCCCCCC)c2ccccc2-c2ccc(-c3ccc(N(c4ccc(C(C)(C)C)cc4)c4ccc(C5(c6ccc7c(c6)c6cc(C8(c9ccc(N(c%10ccccc%10)c%10ccc(C(C)(C)C)cc%10)cc9)c9ccccc9-c9ccccc98)ccc6n7-c6ccc(N(c7ccc(C)cc7)c7ccc(C)cc7)cc6)c6ccccc6-c6ccccc65)cc4)cc3)cc21. The third kappa shape index (κ3) is 15.7. The summed E-state index contributed by atoms with van der Waals surface area (Å²) in [4.78, 5) is 7.27. The van der Waals surface area contributed by atoms with Gasteiger partial charge in [0.2, 0.25) is 0 Å². The van der Waals surface area contributed by atoms with Crippen molar-refractivity contribution in [3.63, 3.8) is 0 Å². The summed E-state index contributed by atoms with van der Waals surface area (Å²) in [5.41, 5.74) is 40.1. The van der Waals surface area contributed by atoms with Crippen molar-refractivity contribution in [3.8, 4) is 50.2 Å². The highest BCUT2D eigenvalue weighted by atomic mass is 15.2. The predicted molar refractivity (Wildman–Crippen MR) is 574 cm³/mol. The van der Waals surface area contributed by atoms with Crippen LogP contribution in [0.2, 0.25) is 0 Å². The number of rotatable bonds is 29. The van der Waals surface area contributed by atoms with Crippen LogP contribution in [-0.4, -0.2) is 4.57 Å². The molecule has 668 valence electrons. The molecule has 0 saturated carbocycles. The van der Waals surface area contributed by atoms with Gasteiger partial charge in [0, 0.05) is 73.1 Å². The summed E-state index contributed by atoms with van der Waals surface area (Å²) in [6, 6.07) is 154. The number of hydrogen-bond acceptors (Lipinski definition) is 3. The van der Waals surface area contributed by atoms with E-state index in [9.17, 15) is 0 Å². The predicted octanol–water partition coefficient (Wildman–Crippen LogP) is 36.6. The second-order valence-electron chi connectivity index (χ2n) is 40.7. The van der Waals surface area contributed by atoms with Gasteiger partial charge in [-0.05, 0) is 300 Å². The van der Waals surface area contributed by atoms with Gasteiger partial charge in [0.15, 0.2) is 0 Å². The van der Waals surface area contributed by atoms with Gasteiger partial charge >= 0.3 is 0 Å². The highest BCUT2D eigenvalue weighted by Gasteiger charge is 2.49. The second kappa shape index (κ2) is 36.4. The van der Waals surface area contributed by atoms with Crippen molar-refractivity contribution in [2.24, 2.45) is 0 Å². The molecule has 0 fully saturated rings. The molecule has 4 nitrogen and oxygen atoms in total. The number of unbranched alkanes of at least 4 members (excludes halogenated alkanes) is 10. The second-order valence-corrected chi connectivity index (χ2v) is 40.7. The van der Waals surface area contributed by atoms with Crippen molar-refractivity contribution < 1.29 is 0 Å². The topological polar surface area (TPSA) is 14.7 Å².